The van der Waals surface area contributed by atoms with Gasteiger partial charge in [-0.3, -0.25) is 0 Å². The van der Waals surface area contributed by atoms with Crippen LogP contribution in [-0.2, 0) is 6.54 Å². The lowest BCUT2D eigenvalue weighted by molar-refractivity contribution is 0.0697. The number of hydrogen-bond acceptors (Lipinski definition) is 3. The van der Waals surface area contributed by atoms with Gasteiger partial charge >= 0.3 is 5.97 Å². The van der Waals surface area contributed by atoms with Crippen molar-refractivity contribution in [1.29, 1.82) is 0 Å². The maximum Gasteiger partial charge on any atom is 0.335 e. The SMILES string of the molecule is C.CC(C)N1CCCC(CCCN2CCn3c(c(C4CCCCC4)c4ccc(C(=O)O)cc43)-c3ccc(Cl)cc32)C1. The van der Waals surface area contributed by atoms with Crippen molar-refractivity contribution in [2.45, 2.75) is 97.6 Å². The van der Waals surface area contributed by atoms with Gasteiger partial charge in [0.2, 0.25) is 0 Å². The first-order valence-electron chi connectivity index (χ1n) is 15.6. The molecule has 3 aliphatic rings. The lowest BCUT2D eigenvalue weighted by atomic mass is 9.81. The highest BCUT2D eigenvalue weighted by atomic mass is 35.5. The standard InChI is InChI=1S/C34H44ClN3O2.CH4/c1-23(2)37-17-7-9-24(22-37)8-6-16-36-18-19-38-31-20-26(34(39)40)12-14-28(31)32(25-10-4-3-5-11-25)33(38)29-15-13-27(35)21-30(29)36;/h12-15,20-21,23-25H,3-11,16-19,22H2,1-2H3,(H,39,40);1H4. The number of carboxylic acid groups (broad SMARTS) is 1. The molecule has 2 aromatic carbocycles. The number of aromatic nitrogens is 1. The van der Waals surface area contributed by atoms with E-state index in [1.807, 2.05) is 12.1 Å². The molecule has 0 radical (unpaired) electrons. The van der Waals surface area contributed by atoms with Gasteiger partial charge in [0.1, 0.15) is 0 Å². The average molecular weight is 578 g/mol. The summed E-state index contributed by atoms with van der Waals surface area (Å²) in [6, 6.07) is 12.8. The molecule has 5 nitrogen and oxygen atoms in total. The van der Waals surface area contributed by atoms with Crippen LogP contribution < -0.4 is 4.90 Å². The van der Waals surface area contributed by atoms with Crippen LogP contribution in [0.4, 0.5) is 5.69 Å². The Hall–Kier alpha value is -2.50. The van der Waals surface area contributed by atoms with Crippen LogP contribution in [0.5, 0.6) is 0 Å². The number of anilines is 1. The molecule has 41 heavy (non-hydrogen) atoms. The number of carboxylic acids is 1. The van der Waals surface area contributed by atoms with Crippen molar-refractivity contribution in [2.75, 3.05) is 31.1 Å². The summed E-state index contributed by atoms with van der Waals surface area (Å²) < 4.78 is 2.43. The number of piperidine rings is 1. The number of nitrogens with zero attached hydrogens (tertiary/aromatic N) is 3. The fourth-order valence-corrected chi connectivity index (χ4v) is 7.92. The summed E-state index contributed by atoms with van der Waals surface area (Å²) in [4.78, 5) is 17.1. The predicted molar refractivity (Wildman–Crippen MR) is 173 cm³/mol. The van der Waals surface area contributed by atoms with E-state index in [0.717, 1.165) is 36.1 Å². The topological polar surface area (TPSA) is 48.7 Å². The molecule has 0 amide bonds. The third-order valence-electron chi connectivity index (χ3n) is 9.83. The molecule has 0 spiro atoms. The third-order valence-corrected chi connectivity index (χ3v) is 10.1. The van der Waals surface area contributed by atoms with Gasteiger partial charge in [-0.05, 0) is 107 Å². The van der Waals surface area contributed by atoms with Crippen molar-refractivity contribution in [1.82, 2.24) is 9.47 Å². The number of aromatic carboxylic acids is 1. The number of halogens is 1. The van der Waals surface area contributed by atoms with Crippen LogP contribution in [0.25, 0.3) is 22.2 Å². The minimum Gasteiger partial charge on any atom is -0.478 e. The van der Waals surface area contributed by atoms with E-state index in [9.17, 15) is 9.90 Å². The Morgan fingerprint density at radius 1 is 1.00 bits per heavy atom. The van der Waals surface area contributed by atoms with E-state index in [4.69, 9.17) is 11.6 Å². The number of carbonyl (C=O) groups is 1. The highest BCUT2D eigenvalue weighted by Gasteiger charge is 2.31. The van der Waals surface area contributed by atoms with Gasteiger partial charge in [-0.15, -0.1) is 0 Å². The number of rotatable bonds is 7. The Morgan fingerprint density at radius 3 is 2.56 bits per heavy atom. The molecule has 6 rings (SSSR count). The molecule has 1 saturated carbocycles. The van der Waals surface area contributed by atoms with E-state index in [2.05, 4.69) is 46.4 Å². The van der Waals surface area contributed by atoms with Crippen LogP contribution in [0.3, 0.4) is 0 Å². The third kappa shape index (κ3) is 6.03. The Morgan fingerprint density at radius 2 is 1.80 bits per heavy atom. The maximum absolute atomic E-state index is 11.9. The van der Waals surface area contributed by atoms with Crippen molar-refractivity contribution in [3.8, 4) is 11.3 Å². The first kappa shape index (κ1) is 30.0. The molecule has 1 unspecified atom stereocenters. The predicted octanol–water partition coefficient (Wildman–Crippen LogP) is 9.06. The number of fused-ring (bicyclic) bond motifs is 5. The Kier molecular flexibility index (Phi) is 9.35. The number of benzene rings is 2. The molecular weight excluding hydrogens is 530 g/mol. The zero-order valence-corrected chi connectivity index (χ0v) is 24.9. The molecule has 1 saturated heterocycles. The van der Waals surface area contributed by atoms with Gasteiger partial charge in [-0.25, -0.2) is 4.79 Å². The van der Waals surface area contributed by atoms with Crippen molar-refractivity contribution in [3.63, 3.8) is 0 Å². The summed E-state index contributed by atoms with van der Waals surface area (Å²) in [5, 5.41) is 11.8. The zero-order chi connectivity index (χ0) is 27.8. The van der Waals surface area contributed by atoms with Gasteiger partial charge in [0.15, 0.2) is 0 Å². The molecule has 6 heteroatoms. The normalized spacial score (nSPS) is 20.0. The zero-order valence-electron chi connectivity index (χ0n) is 24.2. The van der Waals surface area contributed by atoms with Crippen molar-refractivity contribution >= 4 is 34.2 Å². The van der Waals surface area contributed by atoms with E-state index in [-0.39, 0.29) is 7.43 Å². The van der Waals surface area contributed by atoms with Gasteiger partial charge in [0.05, 0.1) is 11.3 Å². The fourth-order valence-electron chi connectivity index (χ4n) is 7.75. The molecule has 2 fully saturated rings. The number of likely N-dealkylation sites (tertiary alicyclic amines) is 1. The molecule has 1 aliphatic carbocycles. The van der Waals surface area contributed by atoms with Gasteiger partial charge in [0.25, 0.3) is 0 Å². The van der Waals surface area contributed by atoms with Gasteiger partial charge in [-0.2, -0.15) is 0 Å². The summed E-state index contributed by atoms with van der Waals surface area (Å²) in [5.41, 5.74) is 6.63. The molecule has 2 aliphatic heterocycles. The Labute approximate surface area is 251 Å². The first-order chi connectivity index (χ1) is 19.4. The summed E-state index contributed by atoms with van der Waals surface area (Å²) >= 11 is 6.64. The average Bonchev–Trinajstić information content (AvgIpc) is 3.20. The highest BCUT2D eigenvalue weighted by Crippen LogP contribution is 2.48. The first-order valence-corrected chi connectivity index (χ1v) is 16.0. The van der Waals surface area contributed by atoms with Crippen LogP contribution in [0.1, 0.15) is 101 Å². The van der Waals surface area contributed by atoms with Crippen molar-refractivity contribution in [3.05, 3.63) is 52.5 Å². The molecule has 1 atom stereocenters. The van der Waals surface area contributed by atoms with E-state index in [0.29, 0.717) is 17.5 Å². The minimum absolute atomic E-state index is 0. The van der Waals surface area contributed by atoms with E-state index < -0.39 is 5.97 Å². The number of hydrogen-bond donors (Lipinski definition) is 1. The monoisotopic (exact) mass is 577 g/mol. The van der Waals surface area contributed by atoms with Crippen LogP contribution in [0.2, 0.25) is 5.02 Å². The maximum atomic E-state index is 11.9. The second-order valence-corrected chi connectivity index (χ2v) is 13.1. The summed E-state index contributed by atoms with van der Waals surface area (Å²) in [6.07, 6.45) is 11.3. The fraction of sp³-hybridized carbons (Fsp3) is 0.571. The molecule has 222 valence electrons. The largest absolute Gasteiger partial charge is 0.478 e. The second-order valence-electron chi connectivity index (χ2n) is 12.7. The molecule has 1 aromatic heterocycles. The lowest BCUT2D eigenvalue weighted by Gasteiger charge is -2.36. The second kappa shape index (κ2) is 12.8. The molecule has 3 aromatic rings. The van der Waals surface area contributed by atoms with Gasteiger partial charge in [-0.1, -0.05) is 44.4 Å². The molecule has 0 bridgehead atoms. The summed E-state index contributed by atoms with van der Waals surface area (Å²) in [6.45, 7) is 9.88. The van der Waals surface area contributed by atoms with Crippen LogP contribution in [-0.4, -0.2) is 52.8 Å². The van der Waals surface area contributed by atoms with Crippen LogP contribution in [0.15, 0.2) is 36.4 Å². The molecule has 3 heterocycles. The lowest BCUT2D eigenvalue weighted by Crippen LogP contribution is -2.40. The Balaban J connectivity index is 0.00000337. The smallest absolute Gasteiger partial charge is 0.335 e. The van der Waals surface area contributed by atoms with Gasteiger partial charge in [0, 0.05) is 59.4 Å². The van der Waals surface area contributed by atoms with Crippen LogP contribution >= 0.6 is 11.6 Å². The van der Waals surface area contributed by atoms with Crippen molar-refractivity contribution in [2.24, 2.45) is 5.92 Å². The summed E-state index contributed by atoms with van der Waals surface area (Å²) in [5.74, 6) is 0.429. The minimum atomic E-state index is -0.863. The summed E-state index contributed by atoms with van der Waals surface area (Å²) in [7, 11) is 0. The van der Waals surface area contributed by atoms with E-state index in [1.54, 1.807) is 6.07 Å². The quantitative estimate of drug-likeness (QED) is 0.304. The highest BCUT2D eigenvalue weighted by molar-refractivity contribution is 6.31. The van der Waals surface area contributed by atoms with Crippen LogP contribution in [0, 0.1) is 5.92 Å². The van der Waals surface area contributed by atoms with Gasteiger partial charge < -0.3 is 19.5 Å². The molecular formula is C35H48ClN3O2. The van der Waals surface area contributed by atoms with E-state index >= 15 is 0 Å². The van der Waals surface area contributed by atoms with E-state index in [1.165, 1.54) is 98.8 Å². The van der Waals surface area contributed by atoms with Crippen molar-refractivity contribution < 1.29 is 9.90 Å². The molecule has 1 N–H and O–H groups in total. The Bertz CT molecular complexity index is 1370.